The number of amidine groups is 1. The quantitative estimate of drug-likeness (QED) is 0.248. The molecule has 4 aromatic rings. The number of hydrogen-bond donors (Lipinski definition) is 0. The minimum absolute atomic E-state index is 0.0821. The van der Waals surface area contributed by atoms with Gasteiger partial charge >= 0.3 is 0 Å². The zero-order valence-corrected chi connectivity index (χ0v) is 20.8. The number of benzene rings is 3. The fourth-order valence-electron chi connectivity index (χ4n) is 3.56. The Morgan fingerprint density at radius 3 is 2.41 bits per heavy atom. The van der Waals surface area contributed by atoms with Gasteiger partial charge < -0.3 is 4.42 Å². The number of halogens is 1. The van der Waals surface area contributed by atoms with Crippen LogP contribution in [0, 0.1) is 6.92 Å². The van der Waals surface area contributed by atoms with Crippen LogP contribution in [-0.2, 0) is 11.3 Å². The zero-order valence-electron chi connectivity index (χ0n) is 18.4. The van der Waals surface area contributed by atoms with Gasteiger partial charge in [0.15, 0.2) is 5.17 Å². The fraction of sp³-hybridized carbons (Fsp3) is 0.0714. The SMILES string of the molecule is Cc1ccc(N=C2S/C(=C/c3ccc(-c4ccc(Br)cc4)o3)C(=O)N2Cc2ccccc2)cc1. The van der Waals surface area contributed by atoms with Crippen molar-refractivity contribution in [1.82, 2.24) is 4.90 Å². The minimum atomic E-state index is -0.0821. The van der Waals surface area contributed by atoms with E-state index < -0.39 is 0 Å². The molecule has 0 radical (unpaired) electrons. The van der Waals surface area contributed by atoms with Crippen LogP contribution in [0.15, 0.2) is 110 Å². The molecule has 1 aromatic heterocycles. The lowest BCUT2D eigenvalue weighted by atomic mass is 10.2. The molecule has 5 rings (SSSR count). The Balaban J connectivity index is 1.46. The van der Waals surface area contributed by atoms with Crippen LogP contribution in [0.1, 0.15) is 16.9 Å². The molecule has 2 heterocycles. The Labute approximate surface area is 211 Å². The summed E-state index contributed by atoms with van der Waals surface area (Å²) >= 11 is 4.82. The molecule has 3 aromatic carbocycles. The van der Waals surface area contributed by atoms with E-state index in [4.69, 9.17) is 9.41 Å². The summed E-state index contributed by atoms with van der Waals surface area (Å²) in [5.41, 5.74) is 4.01. The topological polar surface area (TPSA) is 45.8 Å². The first-order valence-electron chi connectivity index (χ1n) is 10.8. The molecule has 1 fully saturated rings. The Bertz CT molecular complexity index is 1370. The number of thioether (sulfide) groups is 1. The van der Waals surface area contributed by atoms with Gasteiger partial charge in [0, 0.05) is 16.1 Å². The second kappa shape index (κ2) is 9.87. The number of aliphatic imine (C=N–C) groups is 1. The van der Waals surface area contributed by atoms with E-state index in [1.54, 1.807) is 11.0 Å². The van der Waals surface area contributed by atoms with E-state index in [0.717, 1.165) is 27.0 Å². The van der Waals surface area contributed by atoms with Gasteiger partial charge in [0.25, 0.3) is 5.91 Å². The van der Waals surface area contributed by atoms with Gasteiger partial charge in [0.1, 0.15) is 11.5 Å². The molecule has 0 aliphatic carbocycles. The third kappa shape index (κ3) is 5.08. The molecule has 0 unspecified atom stereocenters. The van der Waals surface area contributed by atoms with Crippen molar-refractivity contribution in [3.8, 4) is 11.3 Å². The maximum absolute atomic E-state index is 13.4. The van der Waals surface area contributed by atoms with E-state index in [-0.39, 0.29) is 5.91 Å². The van der Waals surface area contributed by atoms with E-state index >= 15 is 0 Å². The average molecular weight is 529 g/mol. The highest BCUT2D eigenvalue weighted by molar-refractivity contribution is 9.10. The monoisotopic (exact) mass is 528 g/mol. The third-order valence-electron chi connectivity index (χ3n) is 5.36. The Hall–Kier alpha value is -3.35. The second-order valence-electron chi connectivity index (χ2n) is 7.93. The molecule has 0 spiro atoms. The normalized spacial score (nSPS) is 16.1. The summed E-state index contributed by atoms with van der Waals surface area (Å²) in [6.07, 6.45) is 1.80. The van der Waals surface area contributed by atoms with Gasteiger partial charge in [-0.05, 0) is 60.6 Å². The van der Waals surface area contributed by atoms with Gasteiger partial charge in [-0.25, -0.2) is 4.99 Å². The molecule has 0 bridgehead atoms. The average Bonchev–Trinajstić information content (AvgIpc) is 3.42. The molecule has 1 amide bonds. The summed E-state index contributed by atoms with van der Waals surface area (Å²) < 4.78 is 7.04. The Morgan fingerprint density at radius 2 is 1.68 bits per heavy atom. The fourth-order valence-corrected chi connectivity index (χ4v) is 4.80. The standard InChI is InChI=1S/C28H21BrN2O2S/c1-19-7-13-23(14-8-19)30-28-31(18-20-5-3-2-4-6-20)27(32)26(34-28)17-24-15-16-25(33-24)21-9-11-22(29)12-10-21/h2-17H,18H2,1H3/b26-17+,30-28?. The van der Waals surface area contributed by atoms with E-state index in [2.05, 4.69) is 15.9 Å². The van der Waals surface area contributed by atoms with Gasteiger partial charge in [-0.1, -0.05) is 76.1 Å². The summed E-state index contributed by atoms with van der Waals surface area (Å²) in [6.45, 7) is 2.50. The summed E-state index contributed by atoms with van der Waals surface area (Å²) in [4.78, 5) is 20.5. The molecular weight excluding hydrogens is 508 g/mol. The molecule has 0 saturated carbocycles. The molecule has 6 heteroatoms. The van der Waals surface area contributed by atoms with E-state index in [1.165, 1.54) is 17.3 Å². The van der Waals surface area contributed by atoms with Crippen molar-refractivity contribution in [2.75, 3.05) is 0 Å². The van der Waals surface area contributed by atoms with Crippen molar-refractivity contribution in [2.45, 2.75) is 13.5 Å². The van der Waals surface area contributed by atoms with Crippen LogP contribution < -0.4 is 0 Å². The van der Waals surface area contributed by atoms with E-state index in [0.29, 0.717) is 22.4 Å². The van der Waals surface area contributed by atoms with Crippen LogP contribution in [0.5, 0.6) is 0 Å². The van der Waals surface area contributed by atoms with Gasteiger partial charge in [0.05, 0.1) is 17.1 Å². The maximum atomic E-state index is 13.4. The number of furan rings is 1. The lowest BCUT2D eigenvalue weighted by molar-refractivity contribution is -0.122. The molecule has 0 atom stereocenters. The first-order chi connectivity index (χ1) is 16.5. The number of nitrogens with zero attached hydrogens (tertiary/aromatic N) is 2. The smallest absolute Gasteiger partial charge is 0.267 e. The van der Waals surface area contributed by atoms with Crippen molar-refractivity contribution in [3.63, 3.8) is 0 Å². The molecule has 1 aliphatic rings. The summed E-state index contributed by atoms with van der Waals surface area (Å²) in [6, 6.07) is 29.6. The predicted octanol–water partition coefficient (Wildman–Crippen LogP) is 7.82. The number of carbonyl (C=O) groups is 1. The number of hydrogen-bond acceptors (Lipinski definition) is 4. The van der Waals surface area contributed by atoms with Crippen molar-refractivity contribution >= 4 is 50.5 Å². The lowest BCUT2D eigenvalue weighted by Crippen LogP contribution is -2.28. The van der Waals surface area contributed by atoms with E-state index in [9.17, 15) is 4.79 Å². The Kier molecular flexibility index (Phi) is 6.52. The number of amides is 1. The van der Waals surface area contributed by atoms with Gasteiger partial charge in [0.2, 0.25) is 0 Å². The lowest BCUT2D eigenvalue weighted by Gasteiger charge is -2.15. The number of aryl methyl sites for hydroxylation is 1. The Morgan fingerprint density at radius 1 is 0.941 bits per heavy atom. The van der Waals surface area contributed by atoms with Crippen molar-refractivity contribution in [2.24, 2.45) is 4.99 Å². The summed E-state index contributed by atoms with van der Waals surface area (Å²) in [5, 5.41) is 0.656. The molecule has 34 heavy (non-hydrogen) atoms. The molecule has 4 nitrogen and oxygen atoms in total. The van der Waals surface area contributed by atoms with Crippen LogP contribution in [0.25, 0.3) is 17.4 Å². The van der Waals surface area contributed by atoms with Gasteiger partial charge in [-0.15, -0.1) is 0 Å². The molecule has 168 valence electrons. The van der Waals surface area contributed by atoms with E-state index in [1.807, 2.05) is 97.9 Å². The third-order valence-corrected chi connectivity index (χ3v) is 6.89. The molecule has 0 N–H and O–H groups in total. The van der Waals surface area contributed by atoms with Crippen molar-refractivity contribution < 1.29 is 9.21 Å². The molecular formula is C28H21BrN2O2S. The minimum Gasteiger partial charge on any atom is -0.457 e. The molecule has 1 aliphatic heterocycles. The number of carbonyl (C=O) groups excluding carboxylic acids is 1. The van der Waals surface area contributed by atoms with Crippen LogP contribution in [0.3, 0.4) is 0 Å². The van der Waals surface area contributed by atoms with Gasteiger partial charge in [-0.2, -0.15) is 0 Å². The number of rotatable bonds is 5. The largest absolute Gasteiger partial charge is 0.457 e. The second-order valence-corrected chi connectivity index (χ2v) is 9.85. The van der Waals surface area contributed by atoms with Crippen molar-refractivity contribution in [3.05, 3.63) is 117 Å². The first-order valence-corrected chi connectivity index (χ1v) is 12.4. The highest BCUT2D eigenvalue weighted by atomic mass is 79.9. The zero-order chi connectivity index (χ0) is 23.5. The highest BCUT2D eigenvalue weighted by Gasteiger charge is 2.33. The van der Waals surface area contributed by atoms with Crippen LogP contribution >= 0.6 is 27.7 Å². The highest BCUT2D eigenvalue weighted by Crippen LogP contribution is 2.36. The summed E-state index contributed by atoms with van der Waals surface area (Å²) in [7, 11) is 0. The van der Waals surface area contributed by atoms with Crippen molar-refractivity contribution in [1.29, 1.82) is 0 Å². The van der Waals surface area contributed by atoms with Crippen LogP contribution in [0.4, 0.5) is 5.69 Å². The summed E-state index contributed by atoms with van der Waals surface area (Å²) in [5.74, 6) is 1.30. The predicted molar refractivity (Wildman–Crippen MR) is 143 cm³/mol. The van der Waals surface area contributed by atoms with Crippen LogP contribution in [0.2, 0.25) is 0 Å². The molecule has 1 saturated heterocycles. The maximum Gasteiger partial charge on any atom is 0.267 e. The van der Waals surface area contributed by atoms with Gasteiger partial charge in [-0.3, -0.25) is 9.69 Å². The van der Waals surface area contributed by atoms with Crippen LogP contribution in [-0.4, -0.2) is 16.0 Å². The first kappa shape index (κ1) is 22.4.